The summed E-state index contributed by atoms with van der Waals surface area (Å²) in [6.07, 6.45) is 2.26. The first-order valence-corrected chi connectivity index (χ1v) is 5.40. The molecule has 1 heterocycles. The topological polar surface area (TPSA) is 63.7 Å². The van der Waals surface area contributed by atoms with Crippen LogP contribution in [0.2, 0.25) is 0 Å². The molecule has 0 aromatic heterocycles. The van der Waals surface area contributed by atoms with E-state index >= 15 is 0 Å². The molecular formula is C13H11NO4. The number of benzene rings is 1. The van der Waals surface area contributed by atoms with E-state index in [4.69, 9.17) is 4.74 Å². The van der Waals surface area contributed by atoms with Gasteiger partial charge in [0.1, 0.15) is 13.2 Å². The van der Waals surface area contributed by atoms with Crippen LogP contribution in [0.15, 0.2) is 42.5 Å². The third-order valence-corrected chi connectivity index (χ3v) is 2.43. The molecule has 2 rings (SSSR count). The lowest BCUT2D eigenvalue weighted by atomic mass is 10.2. The Labute approximate surface area is 104 Å². The van der Waals surface area contributed by atoms with Crippen LogP contribution >= 0.6 is 0 Å². The normalized spacial score (nSPS) is 14.1. The molecule has 5 nitrogen and oxygen atoms in total. The Morgan fingerprint density at radius 3 is 2.28 bits per heavy atom. The smallest absolute Gasteiger partial charge is 0.326 e. The van der Waals surface area contributed by atoms with E-state index in [1.807, 2.05) is 30.3 Å². The second-order valence-electron chi connectivity index (χ2n) is 3.74. The highest BCUT2D eigenvalue weighted by molar-refractivity contribution is 6.14. The number of imide groups is 1. The van der Waals surface area contributed by atoms with E-state index in [0.29, 0.717) is 0 Å². The van der Waals surface area contributed by atoms with Crippen LogP contribution in [-0.2, 0) is 25.7 Å². The van der Waals surface area contributed by atoms with Gasteiger partial charge in [-0.3, -0.25) is 19.3 Å². The van der Waals surface area contributed by atoms with Crippen LogP contribution in [0.3, 0.4) is 0 Å². The van der Waals surface area contributed by atoms with Crippen LogP contribution in [0.1, 0.15) is 5.56 Å². The minimum absolute atomic E-state index is 0.128. The van der Waals surface area contributed by atoms with Crippen molar-refractivity contribution in [1.29, 1.82) is 0 Å². The molecule has 0 aliphatic carbocycles. The Balaban J connectivity index is 1.83. The summed E-state index contributed by atoms with van der Waals surface area (Å²) in [5.74, 6) is -1.59. The van der Waals surface area contributed by atoms with Crippen LogP contribution in [0, 0.1) is 0 Å². The molecule has 92 valence electrons. The quantitative estimate of drug-likeness (QED) is 0.577. The summed E-state index contributed by atoms with van der Waals surface area (Å²) < 4.78 is 4.97. The highest BCUT2D eigenvalue weighted by atomic mass is 16.5. The lowest BCUT2D eigenvalue weighted by Gasteiger charge is -2.12. The predicted octanol–water partition coefficient (Wildman–Crippen LogP) is 0.655. The molecule has 0 fully saturated rings. The molecule has 0 N–H and O–H groups in total. The summed E-state index contributed by atoms with van der Waals surface area (Å²) in [5, 5.41) is 0. The largest absolute Gasteiger partial charge is 0.459 e. The number of nitrogens with zero attached hydrogens (tertiary/aromatic N) is 1. The van der Waals surface area contributed by atoms with E-state index in [-0.39, 0.29) is 13.2 Å². The Hall–Kier alpha value is -2.43. The molecule has 1 aliphatic rings. The van der Waals surface area contributed by atoms with Gasteiger partial charge in [-0.05, 0) is 5.56 Å². The van der Waals surface area contributed by atoms with E-state index in [1.165, 1.54) is 0 Å². The molecule has 0 bridgehead atoms. The fourth-order valence-electron chi connectivity index (χ4n) is 1.50. The summed E-state index contributed by atoms with van der Waals surface area (Å²) in [7, 11) is 0. The number of amides is 2. The van der Waals surface area contributed by atoms with Gasteiger partial charge in [0.05, 0.1) is 0 Å². The van der Waals surface area contributed by atoms with Gasteiger partial charge in [-0.25, -0.2) is 0 Å². The van der Waals surface area contributed by atoms with Gasteiger partial charge >= 0.3 is 5.97 Å². The van der Waals surface area contributed by atoms with Crippen LogP contribution in [0.4, 0.5) is 0 Å². The highest BCUT2D eigenvalue weighted by Crippen LogP contribution is 2.05. The van der Waals surface area contributed by atoms with E-state index in [0.717, 1.165) is 22.6 Å². The number of ether oxygens (including phenoxy) is 1. The molecule has 1 aromatic carbocycles. The first-order valence-electron chi connectivity index (χ1n) is 5.40. The van der Waals surface area contributed by atoms with Gasteiger partial charge in [-0.2, -0.15) is 0 Å². The zero-order chi connectivity index (χ0) is 13.0. The second kappa shape index (κ2) is 5.27. The number of carbonyl (C=O) groups excluding carboxylic acids is 3. The average molecular weight is 245 g/mol. The number of rotatable bonds is 4. The van der Waals surface area contributed by atoms with Crippen molar-refractivity contribution in [2.24, 2.45) is 0 Å². The van der Waals surface area contributed by atoms with Crippen LogP contribution < -0.4 is 0 Å². The van der Waals surface area contributed by atoms with Crippen molar-refractivity contribution in [2.75, 3.05) is 6.54 Å². The molecular weight excluding hydrogens is 234 g/mol. The summed E-state index contributed by atoms with van der Waals surface area (Å²) in [6, 6.07) is 9.17. The van der Waals surface area contributed by atoms with Gasteiger partial charge in [0.15, 0.2) is 0 Å². The highest BCUT2D eigenvalue weighted by Gasteiger charge is 2.26. The number of esters is 1. The molecule has 18 heavy (non-hydrogen) atoms. The molecule has 0 unspecified atom stereocenters. The van der Waals surface area contributed by atoms with Gasteiger partial charge in [-0.15, -0.1) is 0 Å². The van der Waals surface area contributed by atoms with Crippen LogP contribution in [0.5, 0.6) is 0 Å². The molecule has 5 heteroatoms. The minimum Gasteiger partial charge on any atom is -0.459 e. The number of carbonyl (C=O) groups is 3. The molecule has 0 saturated carbocycles. The number of hydrogen-bond acceptors (Lipinski definition) is 4. The Bertz CT molecular complexity index is 489. The van der Waals surface area contributed by atoms with E-state index in [1.54, 1.807) is 0 Å². The summed E-state index contributed by atoms with van der Waals surface area (Å²) >= 11 is 0. The van der Waals surface area contributed by atoms with E-state index in [2.05, 4.69) is 0 Å². The average Bonchev–Trinajstić information content (AvgIpc) is 2.69. The van der Waals surface area contributed by atoms with E-state index < -0.39 is 17.8 Å². The van der Waals surface area contributed by atoms with Gasteiger partial charge in [0, 0.05) is 12.2 Å². The third kappa shape index (κ3) is 2.82. The van der Waals surface area contributed by atoms with Crippen molar-refractivity contribution >= 4 is 17.8 Å². The zero-order valence-electron chi connectivity index (χ0n) is 9.54. The maximum absolute atomic E-state index is 11.5. The SMILES string of the molecule is O=C(CN1C(=O)C=CC1=O)OCc1ccccc1. The molecule has 0 radical (unpaired) electrons. The second-order valence-corrected chi connectivity index (χ2v) is 3.74. The van der Waals surface area contributed by atoms with E-state index in [9.17, 15) is 14.4 Å². The lowest BCUT2D eigenvalue weighted by molar-refractivity contribution is -0.152. The first-order chi connectivity index (χ1) is 8.66. The van der Waals surface area contributed by atoms with Gasteiger partial charge < -0.3 is 4.74 Å². The van der Waals surface area contributed by atoms with Gasteiger partial charge in [0.25, 0.3) is 11.8 Å². The standard InChI is InChI=1S/C13H11NO4/c15-11-6-7-12(16)14(11)8-13(17)18-9-10-4-2-1-3-5-10/h1-7H,8-9H2. The molecule has 1 aromatic rings. The van der Waals surface area contributed by atoms with Crippen molar-refractivity contribution in [1.82, 2.24) is 4.90 Å². The Kier molecular flexibility index (Phi) is 3.52. The zero-order valence-corrected chi connectivity index (χ0v) is 9.54. The van der Waals surface area contributed by atoms with Crippen LogP contribution in [0.25, 0.3) is 0 Å². The Morgan fingerprint density at radius 2 is 1.67 bits per heavy atom. The van der Waals surface area contributed by atoms with Gasteiger partial charge in [-0.1, -0.05) is 30.3 Å². The molecule has 0 atom stereocenters. The molecule has 0 saturated heterocycles. The van der Waals surface area contributed by atoms with Crippen molar-refractivity contribution < 1.29 is 19.1 Å². The monoisotopic (exact) mass is 245 g/mol. The third-order valence-electron chi connectivity index (χ3n) is 2.43. The first kappa shape index (κ1) is 12.0. The maximum Gasteiger partial charge on any atom is 0.326 e. The summed E-state index contributed by atoms with van der Waals surface area (Å²) in [6.45, 7) is -0.221. The van der Waals surface area contributed by atoms with Gasteiger partial charge in [0.2, 0.25) is 0 Å². The number of hydrogen-bond donors (Lipinski definition) is 0. The fraction of sp³-hybridized carbons (Fsp3) is 0.154. The molecule has 1 aliphatic heterocycles. The predicted molar refractivity (Wildman–Crippen MR) is 62.1 cm³/mol. The molecule has 0 spiro atoms. The minimum atomic E-state index is -0.607. The van der Waals surface area contributed by atoms with Crippen molar-refractivity contribution in [3.63, 3.8) is 0 Å². The Morgan fingerprint density at radius 1 is 1.06 bits per heavy atom. The van der Waals surface area contributed by atoms with Crippen LogP contribution in [-0.4, -0.2) is 29.2 Å². The summed E-state index contributed by atoms with van der Waals surface area (Å²) in [4.78, 5) is 34.7. The fourth-order valence-corrected chi connectivity index (χ4v) is 1.50. The van der Waals surface area contributed by atoms with Crippen molar-refractivity contribution in [3.05, 3.63) is 48.0 Å². The van der Waals surface area contributed by atoms with Crippen molar-refractivity contribution in [3.8, 4) is 0 Å². The van der Waals surface area contributed by atoms with Crippen molar-refractivity contribution in [2.45, 2.75) is 6.61 Å². The summed E-state index contributed by atoms with van der Waals surface area (Å²) in [5.41, 5.74) is 0.850. The lowest BCUT2D eigenvalue weighted by Crippen LogP contribution is -2.35. The molecule has 2 amide bonds. The maximum atomic E-state index is 11.5.